The molecule has 0 saturated carbocycles. The number of fused-ring (bicyclic) bond motifs is 5. The average molecular weight is 388 g/mol. The highest BCUT2D eigenvalue weighted by Crippen LogP contribution is 2.35. The molecule has 30 heavy (non-hydrogen) atoms. The molecule has 142 valence electrons. The Morgan fingerprint density at radius 1 is 0.633 bits per heavy atom. The number of para-hydroxylation sites is 1. The zero-order chi connectivity index (χ0) is 20.1. The summed E-state index contributed by atoms with van der Waals surface area (Å²) in [5.41, 5.74) is 0.578. The first kappa shape index (κ1) is 16.8. The van der Waals surface area contributed by atoms with Crippen LogP contribution in [0, 0.1) is 0 Å². The molecule has 1 aromatic heterocycles. The van der Waals surface area contributed by atoms with Gasteiger partial charge in [0.25, 0.3) is 0 Å². The van der Waals surface area contributed by atoms with Crippen LogP contribution in [0.4, 0.5) is 0 Å². The maximum Gasteiger partial charge on any atom is 0.193 e. The van der Waals surface area contributed by atoms with Crippen LogP contribution in [0.1, 0.15) is 0 Å². The smallest absolute Gasteiger partial charge is 0.193 e. The molecule has 0 atom stereocenters. The molecule has 0 amide bonds. The fraction of sp³-hybridized carbons (Fsp3) is 0. The summed E-state index contributed by atoms with van der Waals surface area (Å²) in [6, 6.07) is 29.7. The Balaban J connectivity index is 1.62. The Labute approximate surface area is 171 Å². The Morgan fingerprint density at radius 3 is 2.23 bits per heavy atom. The molecular formula is C27H16O3. The molecule has 0 aliphatic rings. The Bertz CT molecular complexity index is 1630. The molecule has 0 spiro atoms. The van der Waals surface area contributed by atoms with E-state index in [2.05, 4.69) is 30.3 Å². The molecule has 3 nitrogen and oxygen atoms in total. The maximum absolute atomic E-state index is 12.5. The van der Waals surface area contributed by atoms with Crippen molar-refractivity contribution in [1.82, 2.24) is 0 Å². The zero-order valence-electron chi connectivity index (χ0n) is 16.0. The van der Waals surface area contributed by atoms with Crippen LogP contribution in [0.3, 0.4) is 0 Å². The lowest BCUT2D eigenvalue weighted by Crippen LogP contribution is -1.98. The Hall–Kier alpha value is -4.11. The van der Waals surface area contributed by atoms with Gasteiger partial charge in [0.05, 0.1) is 11.6 Å². The molecule has 0 N–H and O–H groups in total. The Morgan fingerprint density at radius 2 is 1.40 bits per heavy atom. The van der Waals surface area contributed by atoms with Crippen LogP contribution in [0.15, 0.2) is 106 Å². The van der Waals surface area contributed by atoms with Gasteiger partial charge in [0.2, 0.25) is 0 Å². The molecule has 0 unspecified atom stereocenters. The van der Waals surface area contributed by atoms with E-state index in [4.69, 9.17) is 9.15 Å². The van der Waals surface area contributed by atoms with E-state index >= 15 is 0 Å². The summed E-state index contributed by atoms with van der Waals surface area (Å²) >= 11 is 0. The molecule has 0 radical (unpaired) electrons. The normalized spacial score (nSPS) is 11.5. The average Bonchev–Trinajstić information content (AvgIpc) is 2.77. The van der Waals surface area contributed by atoms with E-state index in [9.17, 15) is 4.79 Å². The minimum Gasteiger partial charge on any atom is -0.464 e. The number of ether oxygens (including phenoxy) is 1. The molecule has 0 aliphatic carbocycles. The van der Waals surface area contributed by atoms with E-state index in [1.807, 2.05) is 54.6 Å². The zero-order valence-corrected chi connectivity index (χ0v) is 16.0. The van der Waals surface area contributed by atoms with Crippen molar-refractivity contribution in [2.75, 3.05) is 0 Å². The first-order chi connectivity index (χ1) is 14.8. The van der Waals surface area contributed by atoms with E-state index in [0.29, 0.717) is 11.0 Å². The lowest BCUT2D eigenvalue weighted by molar-refractivity contribution is 0.488. The van der Waals surface area contributed by atoms with E-state index in [-0.39, 0.29) is 5.43 Å². The lowest BCUT2D eigenvalue weighted by atomic mass is 9.97. The van der Waals surface area contributed by atoms with Gasteiger partial charge in [0, 0.05) is 11.5 Å². The summed E-state index contributed by atoms with van der Waals surface area (Å²) in [6.07, 6.45) is 1.44. The molecule has 0 saturated heterocycles. The maximum atomic E-state index is 12.5. The van der Waals surface area contributed by atoms with Crippen molar-refractivity contribution in [1.29, 1.82) is 0 Å². The predicted molar refractivity (Wildman–Crippen MR) is 122 cm³/mol. The first-order valence-electron chi connectivity index (χ1n) is 9.80. The lowest BCUT2D eigenvalue weighted by Gasteiger charge is -2.11. The minimum absolute atomic E-state index is 0.0273. The molecule has 3 heteroatoms. The summed E-state index contributed by atoms with van der Waals surface area (Å²) in [4.78, 5) is 12.5. The van der Waals surface area contributed by atoms with Crippen LogP contribution in [0.25, 0.3) is 43.3 Å². The largest absolute Gasteiger partial charge is 0.464 e. The van der Waals surface area contributed by atoms with Gasteiger partial charge in [-0.15, -0.1) is 0 Å². The molecule has 0 bridgehead atoms. The summed E-state index contributed by atoms with van der Waals surface area (Å²) in [6.45, 7) is 0. The monoisotopic (exact) mass is 388 g/mol. The van der Waals surface area contributed by atoms with Crippen molar-refractivity contribution in [3.8, 4) is 11.5 Å². The molecular weight excluding hydrogens is 372 g/mol. The second kappa shape index (κ2) is 6.46. The van der Waals surface area contributed by atoms with E-state index < -0.39 is 0 Å². The second-order valence-electron chi connectivity index (χ2n) is 7.39. The highest BCUT2D eigenvalue weighted by molar-refractivity contribution is 6.13. The highest BCUT2D eigenvalue weighted by atomic mass is 16.5. The fourth-order valence-corrected chi connectivity index (χ4v) is 4.11. The van der Waals surface area contributed by atoms with Crippen molar-refractivity contribution in [3.63, 3.8) is 0 Å². The van der Waals surface area contributed by atoms with Gasteiger partial charge in [0.1, 0.15) is 17.1 Å². The van der Waals surface area contributed by atoms with E-state index in [0.717, 1.165) is 43.8 Å². The third-order valence-electron chi connectivity index (χ3n) is 5.53. The summed E-state index contributed by atoms with van der Waals surface area (Å²) in [7, 11) is 0. The van der Waals surface area contributed by atoms with Gasteiger partial charge in [0.15, 0.2) is 5.43 Å². The topological polar surface area (TPSA) is 39.4 Å². The van der Waals surface area contributed by atoms with Crippen LogP contribution < -0.4 is 10.2 Å². The van der Waals surface area contributed by atoms with E-state index in [1.165, 1.54) is 12.3 Å². The summed E-state index contributed by atoms with van der Waals surface area (Å²) < 4.78 is 11.7. The van der Waals surface area contributed by atoms with Crippen molar-refractivity contribution in [2.24, 2.45) is 0 Å². The van der Waals surface area contributed by atoms with Crippen molar-refractivity contribution >= 4 is 43.3 Å². The van der Waals surface area contributed by atoms with Crippen molar-refractivity contribution < 1.29 is 9.15 Å². The van der Waals surface area contributed by atoms with Crippen LogP contribution in [-0.4, -0.2) is 0 Å². The predicted octanol–water partition coefficient (Wildman–Crippen LogP) is 7.04. The van der Waals surface area contributed by atoms with Crippen molar-refractivity contribution in [3.05, 3.63) is 107 Å². The first-order valence-corrected chi connectivity index (χ1v) is 9.80. The summed E-state index contributed by atoms with van der Waals surface area (Å²) in [5, 5.41) is 6.84. The number of hydrogen-bond donors (Lipinski definition) is 0. The van der Waals surface area contributed by atoms with Crippen LogP contribution >= 0.6 is 0 Å². The number of rotatable bonds is 2. The molecule has 1 heterocycles. The standard InChI is InChI=1S/C27H16O3/c28-24-11-12-29-26-10-9-18-14-19-15-22-17(13-20(19)16-23(18)27(24)26)5-4-8-25(22)30-21-6-2-1-3-7-21/h1-16H. The third kappa shape index (κ3) is 2.64. The fourth-order valence-electron chi connectivity index (χ4n) is 4.11. The number of hydrogen-bond acceptors (Lipinski definition) is 3. The quantitative estimate of drug-likeness (QED) is 0.236. The highest BCUT2D eigenvalue weighted by Gasteiger charge is 2.10. The SMILES string of the molecule is O=c1ccoc2ccc3cc4cc5c(Oc6ccccc6)cccc5cc4cc3c12. The van der Waals surface area contributed by atoms with Gasteiger partial charge in [-0.05, 0) is 75.5 Å². The van der Waals surface area contributed by atoms with Crippen LogP contribution in [0.5, 0.6) is 11.5 Å². The second-order valence-corrected chi connectivity index (χ2v) is 7.39. The summed E-state index contributed by atoms with van der Waals surface area (Å²) in [5.74, 6) is 1.63. The minimum atomic E-state index is -0.0273. The third-order valence-corrected chi connectivity index (χ3v) is 5.53. The van der Waals surface area contributed by atoms with Gasteiger partial charge in [-0.25, -0.2) is 0 Å². The molecule has 0 aliphatic heterocycles. The van der Waals surface area contributed by atoms with E-state index in [1.54, 1.807) is 0 Å². The van der Waals surface area contributed by atoms with Crippen LogP contribution in [0.2, 0.25) is 0 Å². The van der Waals surface area contributed by atoms with Gasteiger partial charge >= 0.3 is 0 Å². The van der Waals surface area contributed by atoms with Gasteiger partial charge in [-0.2, -0.15) is 0 Å². The van der Waals surface area contributed by atoms with Crippen LogP contribution in [-0.2, 0) is 0 Å². The Kier molecular flexibility index (Phi) is 3.62. The molecule has 5 aromatic carbocycles. The van der Waals surface area contributed by atoms with Gasteiger partial charge in [-0.3, -0.25) is 4.79 Å². The number of benzene rings is 5. The van der Waals surface area contributed by atoms with Gasteiger partial charge < -0.3 is 9.15 Å². The van der Waals surface area contributed by atoms with Gasteiger partial charge in [-0.1, -0.05) is 36.4 Å². The molecule has 6 aromatic rings. The molecule has 6 rings (SSSR count). The molecule has 0 fully saturated rings. The van der Waals surface area contributed by atoms with Crippen molar-refractivity contribution in [2.45, 2.75) is 0 Å².